The molecule has 7 heteroatoms. The number of hydrogen-bond acceptors (Lipinski definition) is 6. The van der Waals surface area contributed by atoms with Gasteiger partial charge in [0.1, 0.15) is 11.5 Å². The summed E-state index contributed by atoms with van der Waals surface area (Å²) in [4.78, 5) is 18.8. The zero-order chi connectivity index (χ0) is 21.6. The van der Waals surface area contributed by atoms with Gasteiger partial charge in [0.05, 0.1) is 5.56 Å². The van der Waals surface area contributed by atoms with Crippen LogP contribution in [0.5, 0.6) is 11.5 Å². The fourth-order valence-electron chi connectivity index (χ4n) is 3.55. The third kappa shape index (κ3) is 5.23. The van der Waals surface area contributed by atoms with Crippen LogP contribution in [0.3, 0.4) is 0 Å². The summed E-state index contributed by atoms with van der Waals surface area (Å²) in [6, 6.07) is 15.1. The number of piperidine rings is 1. The minimum atomic E-state index is -0.00744. The van der Waals surface area contributed by atoms with E-state index in [2.05, 4.69) is 17.1 Å². The average Bonchev–Trinajstić information content (AvgIpc) is 3.26. The number of likely N-dealkylation sites (tertiary alicyclic amines) is 1. The number of carbonyl (C=O) groups excluding carboxylic acids is 1. The molecule has 0 N–H and O–H groups in total. The quantitative estimate of drug-likeness (QED) is 0.567. The monoisotopic (exact) mass is 421 g/mol. The van der Waals surface area contributed by atoms with Gasteiger partial charge < -0.3 is 18.9 Å². The van der Waals surface area contributed by atoms with Crippen molar-refractivity contribution in [2.24, 2.45) is 5.92 Å². The lowest BCUT2D eigenvalue weighted by molar-refractivity contribution is -0.134. The first-order chi connectivity index (χ1) is 15.1. The van der Waals surface area contributed by atoms with E-state index in [1.807, 2.05) is 54.3 Å². The van der Waals surface area contributed by atoms with E-state index in [9.17, 15) is 4.79 Å². The molecule has 1 aliphatic heterocycles. The molecule has 0 unspecified atom stereocenters. The second-order valence-corrected chi connectivity index (χ2v) is 7.91. The summed E-state index contributed by atoms with van der Waals surface area (Å²) < 4.78 is 17.0. The van der Waals surface area contributed by atoms with Crippen molar-refractivity contribution in [1.82, 2.24) is 15.0 Å². The molecule has 0 saturated carbocycles. The van der Waals surface area contributed by atoms with Crippen LogP contribution in [0, 0.1) is 12.8 Å². The van der Waals surface area contributed by atoms with Gasteiger partial charge in [-0.05, 0) is 49.4 Å². The SMILES string of the molecule is Cc1ccccc1OCc1nc(-c2ccccc2OCC(=O)N2CCC(C)CC2)no1. The number of para-hydroxylation sites is 2. The van der Waals surface area contributed by atoms with Crippen LogP contribution in [0.2, 0.25) is 0 Å². The van der Waals surface area contributed by atoms with Crippen LogP contribution >= 0.6 is 0 Å². The van der Waals surface area contributed by atoms with Crippen LogP contribution in [0.15, 0.2) is 53.1 Å². The molecule has 4 rings (SSSR count). The molecule has 1 aromatic heterocycles. The van der Waals surface area contributed by atoms with Crippen molar-refractivity contribution in [2.45, 2.75) is 33.3 Å². The fourth-order valence-corrected chi connectivity index (χ4v) is 3.55. The van der Waals surface area contributed by atoms with E-state index in [1.165, 1.54) is 0 Å². The Morgan fingerprint density at radius 2 is 1.77 bits per heavy atom. The van der Waals surface area contributed by atoms with E-state index < -0.39 is 0 Å². The smallest absolute Gasteiger partial charge is 0.264 e. The average molecular weight is 421 g/mol. The maximum absolute atomic E-state index is 12.5. The van der Waals surface area contributed by atoms with Gasteiger partial charge in [-0.15, -0.1) is 0 Å². The molecular formula is C24H27N3O4. The third-order valence-electron chi connectivity index (χ3n) is 5.53. The Balaban J connectivity index is 1.39. The summed E-state index contributed by atoms with van der Waals surface area (Å²) in [5, 5.41) is 4.07. The number of benzene rings is 2. The molecule has 31 heavy (non-hydrogen) atoms. The van der Waals surface area contributed by atoms with Crippen molar-refractivity contribution in [3.05, 3.63) is 60.0 Å². The van der Waals surface area contributed by atoms with Crippen LogP contribution < -0.4 is 9.47 Å². The van der Waals surface area contributed by atoms with Gasteiger partial charge >= 0.3 is 0 Å². The predicted molar refractivity (Wildman–Crippen MR) is 116 cm³/mol. The highest BCUT2D eigenvalue weighted by Crippen LogP contribution is 2.28. The predicted octanol–water partition coefficient (Wildman–Crippen LogP) is 4.26. The number of aryl methyl sites for hydroxylation is 1. The molecule has 0 bridgehead atoms. The van der Waals surface area contributed by atoms with Gasteiger partial charge in [0, 0.05) is 13.1 Å². The van der Waals surface area contributed by atoms with E-state index in [0.29, 0.717) is 28.9 Å². The first-order valence-corrected chi connectivity index (χ1v) is 10.6. The highest BCUT2D eigenvalue weighted by molar-refractivity contribution is 5.78. The standard InChI is InChI=1S/C24H27N3O4/c1-17-11-13-27(14-12-17)23(28)16-30-21-10-6-4-8-19(21)24-25-22(31-26-24)15-29-20-9-5-3-7-18(20)2/h3-10,17H,11-16H2,1-2H3. The molecule has 162 valence electrons. The van der Waals surface area contributed by atoms with Gasteiger partial charge in [-0.1, -0.05) is 42.4 Å². The molecule has 0 spiro atoms. The Morgan fingerprint density at radius 3 is 2.55 bits per heavy atom. The van der Waals surface area contributed by atoms with E-state index in [4.69, 9.17) is 14.0 Å². The van der Waals surface area contributed by atoms with Crippen molar-refractivity contribution in [1.29, 1.82) is 0 Å². The summed E-state index contributed by atoms with van der Waals surface area (Å²) in [6.07, 6.45) is 2.08. The van der Waals surface area contributed by atoms with Crippen LogP contribution in [0.1, 0.15) is 31.2 Å². The summed E-state index contributed by atoms with van der Waals surface area (Å²) in [6.45, 7) is 5.95. The second kappa shape index (κ2) is 9.64. The molecule has 1 saturated heterocycles. The van der Waals surface area contributed by atoms with Crippen LogP contribution in [-0.2, 0) is 11.4 Å². The van der Waals surface area contributed by atoms with Gasteiger partial charge in [-0.3, -0.25) is 4.79 Å². The molecule has 0 radical (unpaired) electrons. The van der Waals surface area contributed by atoms with Gasteiger partial charge in [0.2, 0.25) is 5.82 Å². The molecule has 0 aliphatic carbocycles. The summed E-state index contributed by atoms with van der Waals surface area (Å²) in [7, 11) is 0. The number of rotatable bonds is 7. The maximum Gasteiger partial charge on any atom is 0.264 e. The Kier molecular flexibility index (Phi) is 6.50. The van der Waals surface area contributed by atoms with E-state index in [0.717, 1.165) is 37.2 Å². The van der Waals surface area contributed by atoms with Crippen LogP contribution in [-0.4, -0.2) is 40.6 Å². The number of hydrogen-bond donors (Lipinski definition) is 0. The Labute approximate surface area is 182 Å². The molecule has 0 atom stereocenters. The summed E-state index contributed by atoms with van der Waals surface area (Å²) in [5.74, 6) is 2.77. The van der Waals surface area contributed by atoms with E-state index >= 15 is 0 Å². The molecular weight excluding hydrogens is 394 g/mol. The lowest BCUT2D eigenvalue weighted by Crippen LogP contribution is -2.40. The fraction of sp³-hybridized carbons (Fsp3) is 0.375. The zero-order valence-corrected chi connectivity index (χ0v) is 17.9. The lowest BCUT2D eigenvalue weighted by Gasteiger charge is -2.30. The largest absolute Gasteiger partial charge is 0.483 e. The van der Waals surface area contributed by atoms with Gasteiger partial charge in [0.25, 0.3) is 11.8 Å². The van der Waals surface area contributed by atoms with Gasteiger partial charge in [-0.25, -0.2) is 0 Å². The first kappa shape index (κ1) is 20.9. The Bertz CT molecular complexity index is 1020. The summed E-state index contributed by atoms with van der Waals surface area (Å²) in [5.41, 5.74) is 1.71. The zero-order valence-electron chi connectivity index (χ0n) is 17.9. The molecule has 1 aliphatic rings. The van der Waals surface area contributed by atoms with Crippen molar-refractivity contribution in [3.63, 3.8) is 0 Å². The van der Waals surface area contributed by atoms with Crippen LogP contribution in [0.4, 0.5) is 0 Å². The topological polar surface area (TPSA) is 77.7 Å². The van der Waals surface area contributed by atoms with Crippen molar-refractivity contribution in [3.8, 4) is 22.9 Å². The Morgan fingerprint density at radius 1 is 1.06 bits per heavy atom. The molecule has 1 amide bonds. The third-order valence-corrected chi connectivity index (χ3v) is 5.53. The molecule has 7 nitrogen and oxygen atoms in total. The molecule has 3 aromatic rings. The number of ether oxygens (including phenoxy) is 2. The number of aromatic nitrogens is 2. The molecule has 2 heterocycles. The molecule has 2 aromatic carbocycles. The van der Waals surface area contributed by atoms with E-state index in [1.54, 1.807) is 6.07 Å². The number of nitrogens with zero attached hydrogens (tertiary/aromatic N) is 3. The van der Waals surface area contributed by atoms with Gasteiger partial charge in [-0.2, -0.15) is 4.98 Å². The van der Waals surface area contributed by atoms with Crippen LogP contribution in [0.25, 0.3) is 11.4 Å². The number of carbonyl (C=O) groups is 1. The van der Waals surface area contributed by atoms with Crippen molar-refractivity contribution < 1.29 is 18.8 Å². The maximum atomic E-state index is 12.5. The number of amides is 1. The first-order valence-electron chi connectivity index (χ1n) is 10.6. The minimum absolute atomic E-state index is 0.00198. The van der Waals surface area contributed by atoms with Crippen molar-refractivity contribution in [2.75, 3.05) is 19.7 Å². The molecule has 1 fully saturated rings. The minimum Gasteiger partial charge on any atom is -0.483 e. The highest BCUT2D eigenvalue weighted by atomic mass is 16.5. The normalized spacial score (nSPS) is 14.5. The lowest BCUT2D eigenvalue weighted by atomic mass is 9.99. The second-order valence-electron chi connectivity index (χ2n) is 7.91. The highest BCUT2D eigenvalue weighted by Gasteiger charge is 2.21. The summed E-state index contributed by atoms with van der Waals surface area (Å²) >= 11 is 0. The Hall–Kier alpha value is -3.35. The van der Waals surface area contributed by atoms with Gasteiger partial charge in [0.15, 0.2) is 13.2 Å². The van der Waals surface area contributed by atoms with Crippen molar-refractivity contribution >= 4 is 5.91 Å². The van der Waals surface area contributed by atoms with E-state index in [-0.39, 0.29) is 19.1 Å².